The molecule has 0 fully saturated rings. The Labute approximate surface area is 136 Å². The van der Waals surface area contributed by atoms with E-state index in [1.807, 2.05) is 49.4 Å². The second kappa shape index (κ2) is 8.13. The lowest BCUT2D eigenvalue weighted by molar-refractivity contribution is -0.139. The van der Waals surface area contributed by atoms with Gasteiger partial charge in [-0.25, -0.2) is 0 Å². The summed E-state index contributed by atoms with van der Waals surface area (Å²) in [6.07, 6.45) is 0.961. The summed E-state index contributed by atoms with van der Waals surface area (Å²) in [6.45, 7) is 2.00. The second-order valence-electron chi connectivity index (χ2n) is 5.31. The van der Waals surface area contributed by atoms with Gasteiger partial charge in [0, 0.05) is 5.69 Å². The molecular formula is C19H21NO3. The predicted molar refractivity (Wildman–Crippen MR) is 90.3 cm³/mol. The molecule has 0 unspecified atom stereocenters. The number of hydrogen-bond acceptors (Lipinski definition) is 3. The number of carbonyl (C=O) groups excluding carboxylic acids is 2. The smallest absolute Gasteiger partial charge is 0.309 e. The Hall–Kier alpha value is -2.62. The predicted octanol–water partition coefficient (Wildman–Crippen LogP) is 3.53. The fourth-order valence-corrected chi connectivity index (χ4v) is 2.43. The number of hydrogen-bond donors (Lipinski definition) is 1. The number of ether oxygens (including phenoxy) is 1. The van der Waals surface area contributed by atoms with E-state index in [0.717, 1.165) is 23.2 Å². The maximum Gasteiger partial charge on any atom is 0.309 e. The summed E-state index contributed by atoms with van der Waals surface area (Å²) in [6, 6.07) is 17.0. The molecule has 1 N–H and O–H groups in total. The Balaban J connectivity index is 2.03. The summed E-state index contributed by atoms with van der Waals surface area (Å²) >= 11 is 0. The molecule has 1 atom stereocenters. The summed E-state index contributed by atoms with van der Waals surface area (Å²) in [5.74, 6) is -0.484. The molecule has 1 amide bonds. The van der Waals surface area contributed by atoms with Crippen LogP contribution in [0, 0.1) is 0 Å². The number of methoxy groups -OCH3 is 1. The Kier molecular flexibility index (Phi) is 5.92. The molecule has 23 heavy (non-hydrogen) atoms. The zero-order valence-corrected chi connectivity index (χ0v) is 13.4. The van der Waals surface area contributed by atoms with Gasteiger partial charge < -0.3 is 10.1 Å². The molecule has 0 aliphatic carbocycles. The number of amides is 1. The van der Waals surface area contributed by atoms with Gasteiger partial charge in [-0.1, -0.05) is 49.4 Å². The molecule has 0 saturated heterocycles. The fourth-order valence-electron chi connectivity index (χ4n) is 2.43. The molecule has 0 saturated carbocycles. The number of rotatable bonds is 6. The molecule has 0 radical (unpaired) electrons. The van der Waals surface area contributed by atoms with Gasteiger partial charge in [-0.05, 0) is 29.7 Å². The molecule has 0 aliphatic rings. The molecule has 0 heterocycles. The van der Waals surface area contributed by atoms with Gasteiger partial charge in [0.15, 0.2) is 0 Å². The van der Waals surface area contributed by atoms with Crippen LogP contribution in [0.15, 0.2) is 54.6 Å². The molecule has 0 aliphatic heterocycles. The maximum absolute atomic E-state index is 12.5. The van der Waals surface area contributed by atoms with E-state index in [4.69, 9.17) is 0 Å². The Morgan fingerprint density at radius 1 is 1.04 bits per heavy atom. The van der Waals surface area contributed by atoms with E-state index in [2.05, 4.69) is 10.1 Å². The van der Waals surface area contributed by atoms with E-state index in [9.17, 15) is 9.59 Å². The molecular weight excluding hydrogens is 290 g/mol. The molecule has 2 aromatic rings. The maximum atomic E-state index is 12.5. The number of benzene rings is 2. The van der Waals surface area contributed by atoms with Crippen LogP contribution in [0.5, 0.6) is 0 Å². The van der Waals surface area contributed by atoms with E-state index in [1.165, 1.54) is 7.11 Å². The van der Waals surface area contributed by atoms with Crippen molar-refractivity contribution in [2.45, 2.75) is 25.7 Å². The van der Waals surface area contributed by atoms with Crippen molar-refractivity contribution in [3.63, 3.8) is 0 Å². The van der Waals surface area contributed by atoms with Crippen molar-refractivity contribution in [1.29, 1.82) is 0 Å². The number of esters is 1. The van der Waals surface area contributed by atoms with Crippen molar-refractivity contribution < 1.29 is 14.3 Å². The largest absolute Gasteiger partial charge is 0.469 e. The highest BCUT2D eigenvalue weighted by molar-refractivity contribution is 5.95. The monoisotopic (exact) mass is 311 g/mol. The highest BCUT2D eigenvalue weighted by atomic mass is 16.5. The number of nitrogens with one attached hydrogen (secondary N) is 1. The van der Waals surface area contributed by atoms with Gasteiger partial charge in [0.2, 0.25) is 5.91 Å². The normalized spacial score (nSPS) is 11.6. The van der Waals surface area contributed by atoms with Gasteiger partial charge in [-0.15, -0.1) is 0 Å². The first kappa shape index (κ1) is 16.7. The third-order valence-corrected chi connectivity index (χ3v) is 3.72. The van der Waals surface area contributed by atoms with Gasteiger partial charge in [0.1, 0.15) is 0 Å². The zero-order valence-electron chi connectivity index (χ0n) is 13.4. The lowest BCUT2D eigenvalue weighted by Gasteiger charge is -2.15. The second-order valence-corrected chi connectivity index (χ2v) is 5.31. The number of anilines is 1. The minimum atomic E-state index is -0.281. The van der Waals surface area contributed by atoms with Crippen molar-refractivity contribution in [2.24, 2.45) is 0 Å². The van der Waals surface area contributed by atoms with Crippen LogP contribution in [0.1, 0.15) is 30.4 Å². The van der Waals surface area contributed by atoms with Crippen molar-refractivity contribution in [2.75, 3.05) is 12.4 Å². The van der Waals surface area contributed by atoms with Crippen molar-refractivity contribution in [3.05, 3.63) is 65.7 Å². The van der Waals surface area contributed by atoms with E-state index in [1.54, 1.807) is 12.1 Å². The highest BCUT2D eigenvalue weighted by Crippen LogP contribution is 2.21. The van der Waals surface area contributed by atoms with Crippen molar-refractivity contribution >= 4 is 17.6 Å². The van der Waals surface area contributed by atoms with Crippen LogP contribution in [0.25, 0.3) is 0 Å². The van der Waals surface area contributed by atoms with Crippen LogP contribution in [-0.2, 0) is 20.7 Å². The molecule has 120 valence electrons. The highest BCUT2D eigenvalue weighted by Gasteiger charge is 2.18. The average molecular weight is 311 g/mol. The van der Waals surface area contributed by atoms with Crippen LogP contribution in [0.4, 0.5) is 5.69 Å². The Morgan fingerprint density at radius 3 is 2.26 bits per heavy atom. The van der Waals surface area contributed by atoms with Gasteiger partial charge in [-0.3, -0.25) is 9.59 Å². The van der Waals surface area contributed by atoms with Crippen molar-refractivity contribution in [3.8, 4) is 0 Å². The van der Waals surface area contributed by atoms with Crippen LogP contribution in [0.3, 0.4) is 0 Å². The number of carbonyl (C=O) groups is 2. The minimum Gasteiger partial charge on any atom is -0.469 e. The quantitative estimate of drug-likeness (QED) is 0.830. The molecule has 0 aromatic heterocycles. The minimum absolute atomic E-state index is 0.0283. The molecule has 0 spiro atoms. The molecule has 4 nitrogen and oxygen atoms in total. The van der Waals surface area contributed by atoms with Crippen molar-refractivity contribution in [1.82, 2.24) is 0 Å². The molecule has 4 heteroatoms. The summed E-state index contributed by atoms with van der Waals surface area (Å²) in [5, 5.41) is 2.93. The third-order valence-electron chi connectivity index (χ3n) is 3.72. The average Bonchev–Trinajstić information content (AvgIpc) is 2.58. The molecule has 0 bridgehead atoms. The van der Waals surface area contributed by atoms with Crippen LogP contribution >= 0.6 is 0 Å². The summed E-state index contributed by atoms with van der Waals surface area (Å²) in [7, 11) is 1.37. The Morgan fingerprint density at radius 2 is 1.70 bits per heavy atom. The fraction of sp³-hybridized carbons (Fsp3) is 0.263. The van der Waals surface area contributed by atoms with Gasteiger partial charge in [0.25, 0.3) is 0 Å². The van der Waals surface area contributed by atoms with Gasteiger partial charge >= 0.3 is 5.97 Å². The summed E-state index contributed by atoms with van der Waals surface area (Å²) < 4.78 is 4.64. The first-order valence-electron chi connectivity index (χ1n) is 7.65. The first-order valence-corrected chi connectivity index (χ1v) is 7.65. The summed E-state index contributed by atoms with van der Waals surface area (Å²) in [5.41, 5.74) is 2.58. The lowest BCUT2D eigenvalue weighted by atomic mass is 9.95. The topological polar surface area (TPSA) is 55.4 Å². The van der Waals surface area contributed by atoms with Gasteiger partial charge in [-0.2, -0.15) is 0 Å². The first-order chi connectivity index (χ1) is 11.1. The van der Waals surface area contributed by atoms with E-state index >= 15 is 0 Å². The molecule has 2 aromatic carbocycles. The Bertz CT molecular complexity index is 650. The third kappa shape index (κ3) is 4.68. The van der Waals surface area contributed by atoms with Gasteiger partial charge in [0.05, 0.1) is 19.4 Å². The van der Waals surface area contributed by atoms with Crippen LogP contribution in [0.2, 0.25) is 0 Å². The van der Waals surface area contributed by atoms with E-state index < -0.39 is 0 Å². The van der Waals surface area contributed by atoms with E-state index in [0.29, 0.717) is 0 Å². The summed E-state index contributed by atoms with van der Waals surface area (Å²) in [4.78, 5) is 23.7. The van der Waals surface area contributed by atoms with E-state index in [-0.39, 0.29) is 24.2 Å². The standard InChI is InChI=1S/C19H21NO3/c1-3-17(15-7-5-4-6-8-15)19(22)20-16-11-9-14(10-12-16)13-18(21)23-2/h4-12,17H,3,13H2,1-2H3,(H,20,22)/t17-/m1/s1. The molecule has 2 rings (SSSR count). The zero-order chi connectivity index (χ0) is 16.7. The van der Waals surface area contributed by atoms with Crippen LogP contribution in [-0.4, -0.2) is 19.0 Å². The SMILES string of the molecule is CC[C@@H](C(=O)Nc1ccc(CC(=O)OC)cc1)c1ccccc1. The lowest BCUT2D eigenvalue weighted by Crippen LogP contribution is -2.20. The van der Waals surface area contributed by atoms with Crippen LogP contribution < -0.4 is 5.32 Å².